The van der Waals surface area contributed by atoms with Crippen molar-refractivity contribution in [1.82, 2.24) is 3.90 Å². The van der Waals surface area contributed by atoms with Crippen molar-refractivity contribution in [1.29, 1.82) is 0 Å². The molecule has 0 amide bonds. The summed E-state index contributed by atoms with van der Waals surface area (Å²) in [5.41, 5.74) is -15.2. The molecule has 0 heterocycles. The monoisotopic (exact) mass is 685 g/mol. The molecule has 0 unspecified atom stereocenters. The molecule has 0 saturated carbocycles. The van der Waals surface area contributed by atoms with Gasteiger partial charge in [0, 0.05) is 0 Å². The van der Waals surface area contributed by atoms with Crippen LogP contribution in [0, 0.1) is 0 Å². The first-order chi connectivity index (χ1) is 10.4. The molecule has 152 valence electrons. The Kier molecular flexibility index (Phi) is 10.6. The zero-order valence-corrected chi connectivity index (χ0v) is 29.4. The highest BCUT2D eigenvalue weighted by Gasteiger charge is 2.82. The lowest BCUT2D eigenvalue weighted by atomic mass is 11.8. The molecule has 0 radical (unpaired) electrons. The number of rotatable bonds is 7. The summed E-state index contributed by atoms with van der Waals surface area (Å²) in [6, 6.07) is 0. The van der Waals surface area contributed by atoms with E-state index >= 15 is 0 Å². The maximum Gasteiger partial charge on any atom is 0.358 e. The average molecular weight is 691 g/mol. The minimum Gasteiger partial charge on any atom is -0.345 e. The van der Waals surface area contributed by atoms with Crippen molar-refractivity contribution in [2.24, 2.45) is 0 Å². The Balaban J connectivity index is 6.56. The Morgan fingerprint density at radius 1 is 0.440 bits per heavy atom. The molecule has 0 aliphatic rings. The molecule has 1 nitrogen and oxygen atoms in total. The van der Waals surface area contributed by atoms with E-state index in [2.05, 4.69) is 43.2 Å². The normalized spacial score (nSPS) is 16.6. The summed E-state index contributed by atoms with van der Waals surface area (Å²) in [5, 5.41) is 0. The fraction of sp³-hybridized carbons (Fsp3) is 1.00. The lowest BCUT2D eigenvalue weighted by Gasteiger charge is -2.54. The van der Waals surface area contributed by atoms with Crippen molar-refractivity contribution in [2.75, 3.05) is 0 Å². The lowest BCUT2D eigenvalue weighted by molar-refractivity contribution is 0.952. The van der Waals surface area contributed by atoms with Gasteiger partial charge in [0.05, 0.1) is 0 Å². The van der Waals surface area contributed by atoms with Crippen LogP contribution in [0.3, 0.4) is 0 Å². The zero-order chi connectivity index (χ0) is 21.1. The summed E-state index contributed by atoms with van der Waals surface area (Å²) in [4.78, 5) is 0. The Hall–Kier alpha value is 4.67. The fourth-order valence-electron chi connectivity index (χ4n) is 2.55. The van der Waals surface area contributed by atoms with Gasteiger partial charge in [-0.05, 0) is 0 Å². The molecule has 0 aromatic heterocycles. The summed E-state index contributed by atoms with van der Waals surface area (Å²) in [6.45, 7) is 12.7. The van der Waals surface area contributed by atoms with Gasteiger partial charge in [-0.2, -0.15) is 0 Å². The molecule has 19 heteroatoms. The predicted molar refractivity (Wildman–Crippen MR) is 142 cm³/mol. The molecule has 0 atom stereocenters. The van der Waals surface area contributed by atoms with Crippen LogP contribution in [-0.4, -0.2) is 49.4 Å². The molecule has 0 bridgehead atoms. The largest absolute Gasteiger partial charge is 0.358 e. The molecule has 0 aliphatic carbocycles. The molecule has 0 aromatic rings. The second-order valence-corrected chi connectivity index (χ2v) is 85.6. The molecule has 0 saturated heterocycles. The van der Waals surface area contributed by atoms with Crippen molar-refractivity contribution in [2.45, 2.75) is 39.3 Å². The minimum atomic E-state index is -3.90. The second kappa shape index (κ2) is 8.90. The fourth-order valence-corrected chi connectivity index (χ4v) is 169. The summed E-state index contributed by atoms with van der Waals surface area (Å²) < 4.78 is 2.15. The molecule has 25 heavy (non-hydrogen) atoms. The third-order valence-electron chi connectivity index (χ3n) is 3.14. The second-order valence-electron chi connectivity index (χ2n) is 7.44. The molecular formula is C6H18Cl11NSi7. The maximum absolute atomic E-state index is 6.96. The lowest BCUT2D eigenvalue weighted by Crippen LogP contribution is -2.83. The van der Waals surface area contributed by atoms with Gasteiger partial charge in [0.1, 0.15) is 16.5 Å². The van der Waals surface area contributed by atoms with Gasteiger partial charge in [0.25, 0.3) is 5.73 Å². The van der Waals surface area contributed by atoms with Crippen LogP contribution in [0.4, 0.5) is 0 Å². The smallest absolute Gasteiger partial charge is 0.345 e. The van der Waals surface area contributed by atoms with E-state index in [1.54, 1.807) is 0 Å². The van der Waals surface area contributed by atoms with E-state index in [4.69, 9.17) is 122 Å². The van der Waals surface area contributed by atoms with Gasteiger partial charge in [-0.25, -0.2) is 0 Å². The van der Waals surface area contributed by atoms with Crippen LogP contribution in [-0.2, 0) is 0 Å². The van der Waals surface area contributed by atoms with E-state index in [0.717, 1.165) is 0 Å². The summed E-state index contributed by atoms with van der Waals surface area (Å²) in [5.74, 6) is 0. The third-order valence-corrected chi connectivity index (χ3v) is 135. The molecule has 0 aromatic carbocycles. The number of hydrogen-bond acceptors (Lipinski definition) is 1. The average Bonchev–Trinajstić information content (AvgIpc) is 2.21. The van der Waals surface area contributed by atoms with Crippen LogP contribution < -0.4 is 0 Å². The Morgan fingerprint density at radius 3 is 0.920 bits per heavy atom. The van der Waals surface area contributed by atoms with E-state index < -0.39 is 45.5 Å². The van der Waals surface area contributed by atoms with Gasteiger partial charge in [0.15, 0.2) is 0 Å². The molecule has 0 fully saturated rings. The van der Waals surface area contributed by atoms with Gasteiger partial charge < -0.3 is 3.90 Å². The summed E-state index contributed by atoms with van der Waals surface area (Å²) >= 11 is 72.2. The Labute approximate surface area is 207 Å². The van der Waals surface area contributed by atoms with Gasteiger partial charge in [-0.3, -0.25) is 0 Å². The molecule has 0 rings (SSSR count). The number of halogens is 11. The standard InChI is InChI=1S/C6H18Cl11NSi7/c1-19(2,3)18(20(4,5)6)22(10,11)24(14,15)25(16,17)23(12,13)21(7,8)9/h1-6H3. The molecular weight excluding hydrogens is 673 g/mol. The highest BCUT2D eigenvalue weighted by Crippen LogP contribution is 2.57. The van der Waals surface area contributed by atoms with Gasteiger partial charge in [-0.1, -0.05) is 39.3 Å². The van der Waals surface area contributed by atoms with Crippen molar-refractivity contribution < 1.29 is 0 Å². The first-order valence-electron chi connectivity index (χ1n) is 6.75. The van der Waals surface area contributed by atoms with Crippen LogP contribution in [0.1, 0.15) is 0 Å². The quantitative estimate of drug-likeness (QED) is 0.193. The van der Waals surface area contributed by atoms with Gasteiger partial charge >= 0.3 is 23.4 Å². The molecule has 0 N–H and O–H groups in total. The van der Waals surface area contributed by atoms with Crippen molar-refractivity contribution in [3.63, 3.8) is 0 Å². The topological polar surface area (TPSA) is 3.24 Å². The number of nitrogens with zero attached hydrogens (tertiary/aromatic N) is 1. The van der Waals surface area contributed by atoms with E-state index in [1.807, 2.05) is 0 Å². The minimum absolute atomic E-state index is 2.05. The van der Waals surface area contributed by atoms with E-state index in [9.17, 15) is 0 Å². The van der Waals surface area contributed by atoms with Crippen molar-refractivity contribution >= 4 is 167 Å². The highest BCUT2D eigenvalue weighted by molar-refractivity contribution is 8.36. The maximum atomic E-state index is 6.96. The summed E-state index contributed by atoms with van der Waals surface area (Å²) in [6.07, 6.45) is -3.57. The van der Waals surface area contributed by atoms with Crippen LogP contribution in [0.2, 0.25) is 39.3 Å². The van der Waals surface area contributed by atoms with Crippen LogP contribution >= 0.6 is 122 Å². The van der Waals surface area contributed by atoms with Crippen LogP contribution in [0.15, 0.2) is 0 Å². The third kappa shape index (κ3) is 5.92. The summed E-state index contributed by atoms with van der Waals surface area (Å²) in [7, 11) is -4.09. The zero-order valence-electron chi connectivity index (χ0n) is 14.1. The Morgan fingerprint density at radius 2 is 0.720 bits per heavy atom. The Bertz CT molecular complexity index is 479. The van der Waals surface area contributed by atoms with Gasteiger partial charge in [0.2, 0.25) is 0 Å². The van der Waals surface area contributed by atoms with Crippen molar-refractivity contribution in [3.8, 4) is 0 Å². The molecule has 0 spiro atoms. The van der Waals surface area contributed by atoms with Crippen LogP contribution in [0.5, 0.6) is 0 Å². The first kappa shape index (κ1) is 29.7. The van der Waals surface area contributed by atoms with Gasteiger partial charge in [-0.15, -0.1) is 122 Å². The highest BCUT2D eigenvalue weighted by atomic mass is 35.9. The SMILES string of the molecule is C[Si](C)(C)N([Si](C)(C)C)[Si](Cl)(Cl)[Si](Cl)(Cl)[Si](Cl)(Cl)[Si](Cl)(Cl)[Si](Cl)(Cl)Cl. The van der Waals surface area contributed by atoms with Crippen LogP contribution in [0.25, 0.3) is 0 Å². The predicted octanol–water partition coefficient (Wildman–Crippen LogP) is 8.10. The van der Waals surface area contributed by atoms with E-state index in [1.165, 1.54) is 0 Å². The van der Waals surface area contributed by atoms with E-state index in [-0.39, 0.29) is 0 Å². The molecule has 0 aliphatic heterocycles. The van der Waals surface area contributed by atoms with Crippen molar-refractivity contribution in [3.05, 3.63) is 0 Å². The van der Waals surface area contributed by atoms with E-state index in [0.29, 0.717) is 0 Å². The number of hydrogen-bond donors (Lipinski definition) is 0. The first-order valence-corrected chi connectivity index (χ1v) is 38.7.